The largest absolute Gasteiger partial charge is 0.512 e. The Bertz CT molecular complexity index is 216. The number of ketones is 1. The van der Waals surface area contributed by atoms with Crippen LogP contribution in [0.5, 0.6) is 0 Å². The zero-order valence-corrected chi connectivity index (χ0v) is 7.58. The molecule has 0 saturated carbocycles. The fourth-order valence-corrected chi connectivity index (χ4v) is 1.18. The van der Waals surface area contributed by atoms with Crippen LogP contribution < -0.4 is 0 Å². The van der Waals surface area contributed by atoms with Gasteiger partial charge in [-0.3, -0.25) is 10.2 Å². The summed E-state index contributed by atoms with van der Waals surface area (Å²) in [6, 6.07) is 0. The molecule has 0 aliphatic carbocycles. The molecule has 0 saturated heterocycles. The number of carbonyl (C=O) groups excluding carboxylic acids is 1. The lowest BCUT2D eigenvalue weighted by Crippen LogP contribution is -2.07. The van der Waals surface area contributed by atoms with E-state index in [0.717, 1.165) is 11.8 Å². The summed E-state index contributed by atoms with van der Waals surface area (Å²) in [7, 11) is 0. The van der Waals surface area contributed by atoms with Crippen LogP contribution in [0.2, 0.25) is 0 Å². The SMILES string of the molecule is CSC(=N)/C(C(C)=O)=C(/C)O. The number of hydrogen-bond acceptors (Lipinski definition) is 4. The molecule has 0 fully saturated rings. The van der Waals surface area contributed by atoms with Gasteiger partial charge in [-0.15, -0.1) is 11.8 Å². The molecule has 0 aromatic rings. The Balaban J connectivity index is 4.79. The first-order chi connectivity index (χ1) is 5.00. The minimum atomic E-state index is -0.274. The number of aliphatic hydroxyl groups is 1. The number of thioether (sulfide) groups is 1. The third-order valence-corrected chi connectivity index (χ3v) is 1.76. The van der Waals surface area contributed by atoms with E-state index in [-0.39, 0.29) is 22.2 Å². The van der Waals surface area contributed by atoms with Crippen LogP contribution in [0.15, 0.2) is 11.3 Å². The van der Waals surface area contributed by atoms with Crippen LogP contribution in [0.25, 0.3) is 0 Å². The van der Waals surface area contributed by atoms with Gasteiger partial charge in [-0.25, -0.2) is 0 Å². The summed E-state index contributed by atoms with van der Waals surface area (Å²) in [6.07, 6.45) is 1.69. The summed E-state index contributed by atoms with van der Waals surface area (Å²) in [6.45, 7) is 2.74. The first-order valence-electron chi connectivity index (χ1n) is 3.04. The molecule has 2 N–H and O–H groups in total. The standard InChI is InChI=1S/C7H11NO2S/c1-4(9)6(5(2)10)7(8)11-3/h8-9H,1-3H3/b6-4-,8-7?. The van der Waals surface area contributed by atoms with E-state index in [1.165, 1.54) is 13.8 Å². The van der Waals surface area contributed by atoms with Crippen molar-refractivity contribution in [2.75, 3.05) is 6.26 Å². The topological polar surface area (TPSA) is 61.2 Å². The fourth-order valence-electron chi connectivity index (χ4n) is 0.681. The minimum Gasteiger partial charge on any atom is -0.512 e. The molecule has 0 aromatic heterocycles. The van der Waals surface area contributed by atoms with E-state index in [0.29, 0.717) is 0 Å². The molecule has 4 heteroatoms. The molecule has 0 spiro atoms. The van der Waals surface area contributed by atoms with Crippen LogP contribution in [0, 0.1) is 5.41 Å². The molecule has 62 valence electrons. The molecule has 0 atom stereocenters. The van der Waals surface area contributed by atoms with Gasteiger partial charge < -0.3 is 5.11 Å². The lowest BCUT2D eigenvalue weighted by molar-refractivity contribution is -0.113. The number of nitrogens with one attached hydrogen (secondary N) is 1. The van der Waals surface area contributed by atoms with Gasteiger partial charge in [0.1, 0.15) is 10.8 Å². The maximum atomic E-state index is 10.8. The van der Waals surface area contributed by atoms with E-state index >= 15 is 0 Å². The molecule has 11 heavy (non-hydrogen) atoms. The van der Waals surface area contributed by atoms with E-state index in [4.69, 9.17) is 10.5 Å². The fraction of sp³-hybridized carbons (Fsp3) is 0.429. The van der Waals surface area contributed by atoms with Crippen molar-refractivity contribution in [3.8, 4) is 0 Å². The first kappa shape index (κ1) is 10.2. The average Bonchev–Trinajstić information content (AvgIpc) is 1.85. The van der Waals surface area contributed by atoms with Crippen LogP contribution in [-0.2, 0) is 4.79 Å². The van der Waals surface area contributed by atoms with Gasteiger partial charge in [0, 0.05) is 0 Å². The Hall–Kier alpha value is -0.770. The molecule has 0 aromatic carbocycles. The molecule has 0 aliphatic rings. The van der Waals surface area contributed by atoms with Gasteiger partial charge in [-0.2, -0.15) is 0 Å². The number of hydrogen-bond donors (Lipinski definition) is 2. The predicted molar refractivity (Wildman–Crippen MR) is 47.3 cm³/mol. The van der Waals surface area contributed by atoms with Crippen molar-refractivity contribution in [3.63, 3.8) is 0 Å². The van der Waals surface area contributed by atoms with Crippen molar-refractivity contribution in [1.29, 1.82) is 5.41 Å². The summed E-state index contributed by atoms with van der Waals surface area (Å²) < 4.78 is 0. The number of aliphatic hydroxyl groups excluding tert-OH is 1. The van der Waals surface area contributed by atoms with Gasteiger partial charge in [0.05, 0.1) is 5.57 Å². The van der Waals surface area contributed by atoms with Crippen molar-refractivity contribution in [3.05, 3.63) is 11.3 Å². The second-order valence-corrected chi connectivity index (χ2v) is 2.87. The smallest absolute Gasteiger partial charge is 0.165 e. The molecular weight excluding hydrogens is 162 g/mol. The van der Waals surface area contributed by atoms with Gasteiger partial charge >= 0.3 is 0 Å². The molecule has 0 rings (SSSR count). The van der Waals surface area contributed by atoms with Crippen molar-refractivity contribution in [1.82, 2.24) is 0 Å². The third kappa shape index (κ3) is 2.76. The van der Waals surface area contributed by atoms with E-state index < -0.39 is 0 Å². The quantitative estimate of drug-likeness (QED) is 0.289. The highest BCUT2D eigenvalue weighted by atomic mass is 32.2. The Kier molecular flexibility index (Phi) is 3.89. The van der Waals surface area contributed by atoms with Gasteiger partial charge in [-0.05, 0) is 20.1 Å². The monoisotopic (exact) mass is 173 g/mol. The van der Waals surface area contributed by atoms with Gasteiger partial charge in [-0.1, -0.05) is 0 Å². The summed E-state index contributed by atoms with van der Waals surface area (Å²) in [5.41, 5.74) is 0.109. The Morgan fingerprint density at radius 3 is 2.00 bits per heavy atom. The van der Waals surface area contributed by atoms with Crippen LogP contribution >= 0.6 is 11.8 Å². The lowest BCUT2D eigenvalue weighted by Gasteiger charge is -2.02. The highest BCUT2D eigenvalue weighted by Crippen LogP contribution is 2.11. The second kappa shape index (κ2) is 4.18. The van der Waals surface area contributed by atoms with Crippen molar-refractivity contribution >= 4 is 22.6 Å². The first-order valence-corrected chi connectivity index (χ1v) is 4.26. The molecule has 0 unspecified atom stereocenters. The molecule has 0 aliphatic heterocycles. The molecule has 0 radical (unpaired) electrons. The van der Waals surface area contributed by atoms with Crippen LogP contribution in [0.1, 0.15) is 13.8 Å². The molecular formula is C7H11NO2S. The highest BCUT2D eigenvalue weighted by Gasteiger charge is 2.12. The Morgan fingerprint density at radius 2 is 1.91 bits per heavy atom. The Labute approximate surface area is 70.0 Å². The molecule has 0 heterocycles. The zero-order chi connectivity index (χ0) is 9.02. The lowest BCUT2D eigenvalue weighted by atomic mass is 10.2. The third-order valence-electron chi connectivity index (χ3n) is 1.15. The maximum absolute atomic E-state index is 10.8. The summed E-state index contributed by atoms with van der Waals surface area (Å²) in [5, 5.41) is 16.4. The van der Waals surface area contributed by atoms with Crippen molar-refractivity contribution in [2.24, 2.45) is 0 Å². The van der Waals surface area contributed by atoms with E-state index in [1.54, 1.807) is 6.26 Å². The number of rotatable bonds is 2. The number of allylic oxidation sites excluding steroid dienone is 1. The van der Waals surface area contributed by atoms with Crippen molar-refractivity contribution in [2.45, 2.75) is 13.8 Å². The molecule has 0 amide bonds. The summed E-state index contributed by atoms with van der Waals surface area (Å²) >= 11 is 1.13. The predicted octanol–water partition coefficient (Wildman–Crippen LogP) is 1.75. The summed E-state index contributed by atoms with van der Waals surface area (Å²) in [5.74, 6) is -0.360. The second-order valence-electron chi connectivity index (χ2n) is 2.05. The van der Waals surface area contributed by atoms with E-state index in [2.05, 4.69) is 0 Å². The summed E-state index contributed by atoms with van der Waals surface area (Å²) in [4.78, 5) is 10.8. The zero-order valence-electron chi connectivity index (χ0n) is 6.76. The van der Waals surface area contributed by atoms with Crippen LogP contribution in [0.3, 0.4) is 0 Å². The van der Waals surface area contributed by atoms with E-state index in [1.807, 2.05) is 0 Å². The van der Waals surface area contributed by atoms with Gasteiger partial charge in [0.15, 0.2) is 5.78 Å². The normalized spacial score (nSPS) is 12.3. The average molecular weight is 173 g/mol. The Morgan fingerprint density at radius 1 is 1.45 bits per heavy atom. The van der Waals surface area contributed by atoms with E-state index in [9.17, 15) is 4.79 Å². The molecule has 0 bridgehead atoms. The number of carbonyl (C=O) groups is 1. The van der Waals surface area contributed by atoms with Gasteiger partial charge in [0.25, 0.3) is 0 Å². The maximum Gasteiger partial charge on any atom is 0.165 e. The highest BCUT2D eigenvalue weighted by molar-refractivity contribution is 8.13. The minimum absolute atomic E-state index is 0.0862. The van der Waals surface area contributed by atoms with Gasteiger partial charge in [0.2, 0.25) is 0 Å². The number of Topliss-reactive ketones (excluding diaryl/α,β-unsaturated/α-hetero) is 1. The molecule has 3 nitrogen and oxygen atoms in total. The van der Waals surface area contributed by atoms with Crippen LogP contribution in [0.4, 0.5) is 0 Å². The van der Waals surface area contributed by atoms with Crippen molar-refractivity contribution < 1.29 is 9.90 Å². The van der Waals surface area contributed by atoms with Crippen LogP contribution in [-0.4, -0.2) is 22.2 Å².